The Morgan fingerprint density at radius 2 is 1.57 bits per heavy atom. The van der Waals surface area contributed by atoms with Crippen molar-refractivity contribution in [1.82, 2.24) is 5.32 Å². The number of nitrogens with one attached hydrogen (secondary N) is 1. The van der Waals surface area contributed by atoms with E-state index in [4.69, 9.17) is 0 Å². The second-order valence-corrected chi connectivity index (χ2v) is 7.10. The standard InChI is InChI=1S/C19H32IN/c1-3-5-6-7-8-9-10-15-19(21-16-4-2)17-13-11-12-14-18(17)20/h11-14,19,21H,3-10,15-16H2,1-2H3. The van der Waals surface area contributed by atoms with Crippen molar-refractivity contribution in [3.05, 3.63) is 33.4 Å². The fourth-order valence-electron chi connectivity index (χ4n) is 2.75. The third-order valence-electron chi connectivity index (χ3n) is 4.02. The first-order chi connectivity index (χ1) is 10.3. The van der Waals surface area contributed by atoms with Crippen LogP contribution in [0, 0.1) is 3.57 Å². The summed E-state index contributed by atoms with van der Waals surface area (Å²) in [6, 6.07) is 9.35. The molecule has 0 bridgehead atoms. The van der Waals surface area contributed by atoms with Crippen LogP contribution >= 0.6 is 22.6 Å². The molecular formula is C19H32IN. The Labute approximate surface area is 145 Å². The van der Waals surface area contributed by atoms with Gasteiger partial charge in [0.1, 0.15) is 0 Å². The summed E-state index contributed by atoms with van der Waals surface area (Å²) in [6.45, 7) is 5.64. The summed E-state index contributed by atoms with van der Waals surface area (Å²) in [6.07, 6.45) is 12.2. The van der Waals surface area contributed by atoms with Crippen LogP contribution in [0.25, 0.3) is 0 Å². The predicted octanol–water partition coefficient (Wildman–Crippen LogP) is 6.47. The Bertz CT molecular complexity index is 364. The van der Waals surface area contributed by atoms with Crippen LogP contribution in [-0.4, -0.2) is 6.54 Å². The molecule has 1 aromatic carbocycles. The van der Waals surface area contributed by atoms with Crippen molar-refractivity contribution >= 4 is 22.6 Å². The molecule has 0 fully saturated rings. The van der Waals surface area contributed by atoms with Gasteiger partial charge in [0, 0.05) is 9.61 Å². The van der Waals surface area contributed by atoms with Gasteiger partial charge in [0.05, 0.1) is 0 Å². The van der Waals surface area contributed by atoms with Crippen LogP contribution in [-0.2, 0) is 0 Å². The van der Waals surface area contributed by atoms with Crippen molar-refractivity contribution in [3.8, 4) is 0 Å². The van der Waals surface area contributed by atoms with E-state index in [0.717, 1.165) is 6.54 Å². The molecule has 0 spiro atoms. The number of halogens is 1. The van der Waals surface area contributed by atoms with Crippen molar-refractivity contribution in [1.29, 1.82) is 0 Å². The largest absolute Gasteiger partial charge is 0.310 e. The Morgan fingerprint density at radius 3 is 2.24 bits per heavy atom. The molecule has 0 aliphatic rings. The molecule has 1 aromatic rings. The zero-order valence-electron chi connectivity index (χ0n) is 13.8. The van der Waals surface area contributed by atoms with E-state index in [2.05, 4.69) is 66.0 Å². The zero-order chi connectivity index (χ0) is 15.3. The van der Waals surface area contributed by atoms with E-state index in [0.29, 0.717) is 6.04 Å². The van der Waals surface area contributed by atoms with Crippen LogP contribution in [0.5, 0.6) is 0 Å². The Morgan fingerprint density at radius 1 is 0.905 bits per heavy atom. The highest BCUT2D eigenvalue weighted by Gasteiger charge is 2.12. The minimum atomic E-state index is 0.536. The Kier molecular flexibility index (Phi) is 11.2. The molecular weight excluding hydrogens is 369 g/mol. The summed E-state index contributed by atoms with van der Waals surface area (Å²) >= 11 is 2.47. The second-order valence-electron chi connectivity index (χ2n) is 5.94. The number of hydrogen-bond acceptors (Lipinski definition) is 1. The molecule has 0 heterocycles. The van der Waals surface area contributed by atoms with E-state index in [1.54, 1.807) is 0 Å². The van der Waals surface area contributed by atoms with E-state index in [9.17, 15) is 0 Å². The van der Waals surface area contributed by atoms with Gasteiger partial charge < -0.3 is 5.32 Å². The Hall–Kier alpha value is -0.0900. The lowest BCUT2D eigenvalue weighted by atomic mass is 9.99. The predicted molar refractivity (Wildman–Crippen MR) is 103 cm³/mol. The number of rotatable bonds is 12. The van der Waals surface area contributed by atoms with Gasteiger partial charge in [-0.3, -0.25) is 0 Å². The lowest BCUT2D eigenvalue weighted by molar-refractivity contribution is 0.464. The number of benzene rings is 1. The van der Waals surface area contributed by atoms with Gasteiger partial charge in [-0.05, 0) is 53.6 Å². The van der Waals surface area contributed by atoms with Crippen molar-refractivity contribution in [2.24, 2.45) is 0 Å². The molecule has 0 amide bonds. The SMILES string of the molecule is CCCCCCCCCC(NCCC)c1ccccc1I. The molecule has 0 saturated heterocycles. The number of unbranched alkanes of at least 4 members (excludes halogenated alkanes) is 6. The van der Waals surface area contributed by atoms with E-state index in [1.807, 2.05) is 0 Å². The van der Waals surface area contributed by atoms with Gasteiger partial charge in [0.2, 0.25) is 0 Å². The van der Waals surface area contributed by atoms with Gasteiger partial charge in [-0.15, -0.1) is 0 Å². The van der Waals surface area contributed by atoms with Crippen molar-refractivity contribution in [3.63, 3.8) is 0 Å². The summed E-state index contributed by atoms with van der Waals surface area (Å²) in [5, 5.41) is 3.73. The van der Waals surface area contributed by atoms with Gasteiger partial charge in [0.15, 0.2) is 0 Å². The van der Waals surface area contributed by atoms with Crippen LogP contribution in [0.4, 0.5) is 0 Å². The average Bonchev–Trinajstić information content (AvgIpc) is 2.50. The highest BCUT2D eigenvalue weighted by Crippen LogP contribution is 2.25. The highest BCUT2D eigenvalue weighted by atomic mass is 127. The summed E-state index contributed by atoms with van der Waals surface area (Å²) in [4.78, 5) is 0. The van der Waals surface area contributed by atoms with Gasteiger partial charge in [-0.2, -0.15) is 0 Å². The number of hydrogen-bond donors (Lipinski definition) is 1. The highest BCUT2D eigenvalue weighted by molar-refractivity contribution is 14.1. The zero-order valence-corrected chi connectivity index (χ0v) is 16.0. The quantitative estimate of drug-likeness (QED) is 0.313. The van der Waals surface area contributed by atoms with Crippen LogP contribution in [0.1, 0.15) is 83.2 Å². The molecule has 0 aromatic heterocycles. The topological polar surface area (TPSA) is 12.0 Å². The van der Waals surface area contributed by atoms with Gasteiger partial charge in [0.25, 0.3) is 0 Å². The first-order valence-corrected chi connectivity index (χ1v) is 9.85. The molecule has 1 N–H and O–H groups in total. The molecule has 0 radical (unpaired) electrons. The minimum absolute atomic E-state index is 0.536. The Balaban J connectivity index is 2.35. The third kappa shape index (κ3) is 8.20. The smallest absolute Gasteiger partial charge is 0.0330 e. The molecule has 1 atom stereocenters. The fraction of sp³-hybridized carbons (Fsp3) is 0.684. The van der Waals surface area contributed by atoms with E-state index >= 15 is 0 Å². The minimum Gasteiger partial charge on any atom is -0.310 e. The maximum atomic E-state index is 3.73. The molecule has 1 nitrogen and oxygen atoms in total. The van der Waals surface area contributed by atoms with Crippen molar-refractivity contribution < 1.29 is 0 Å². The van der Waals surface area contributed by atoms with Crippen LogP contribution < -0.4 is 5.32 Å². The maximum absolute atomic E-state index is 3.73. The van der Waals surface area contributed by atoms with Crippen LogP contribution in [0.2, 0.25) is 0 Å². The maximum Gasteiger partial charge on any atom is 0.0330 e. The first kappa shape index (κ1) is 19.0. The van der Waals surface area contributed by atoms with Crippen LogP contribution in [0.15, 0.2) is 24.3 Å². The van der Waals surface area contributed by atoms with E-state index < -0.39 is 0 Å². The molecule has 1 rings (SSSR count). The molecule has 120 valence electrons. The third-order valence-corrected chi connectivity index (χ3v) is 5.00. The molecule has 0 saturated carbocycles. The average molecular weight is 401 g/mol. The monoisotopic (exact) mass is 401 g/mol. The lowest BCUT2D eigenvalue weighted by Crippen LogP contribution is -2.22. The van der Waals surface area contributed by atoms with Crippen molar-refractivity contribution in [2.75, 3.05) is 6.54 Å². The van der Waals surface area contributed by atoms with Gasteiger partial charge >= 0.3 is 0 Å². The lowest BCUT2D eigenvalue weighted by Gasteiger charge is -2.20. The summed E-state index contributed by atoms with van der Waals surface area (Å²) in [5.41, 5.74) is 1.48. The first-order valence-electron chi connectivity index (χ1n) is 8.77. The van der Waals surface area contributed by atoms with E-state index in [-0.39, 0.29) is 0 Å². The fourth-order valence-corrected chi connectivity index (χ4v) is 3.51. The molecule has 0 aliphatic heterocycles. The molecule has 21 heavy (non-hydrogen) atoms. The molecule has 0 aliphatic carbocycles. The second kappa shape index (κ2) is 12.5. The summed E-state index contributed by atoms with van der Waals surface area (Å²) in [5.74, 6) is 0. The molecule has 1 unspecified atom stereocenters. The normalized spacial score (nSPS) is 12.5. The van der Waals surface area contributed by atoms with Crippen LogP contribution in [0.3, 0.4) is 0 Å². The summed E-state index contributed by atoms with van der Waals surface area (Å²) in [7, 11) is 0. The van der Waals surface area contributed by atoms with Gasteiger partial charge in [-0.1, -0.05) is 77.0 Å². The van der Waals surface area contributed by atoms with Gasteiger partial charge in [-0.25, -0.2) is 0 Å². The summed E-state index contributed by atoms with van der Waals surface area (Å²) < 4.78 is 1.40. The van der Waals surface area contributed by atoms with E-state index in [1.165, 1.54) is 66.9 Å². The van der Waals surface area contributed by atoms with Crippen molar-refractivity contribution in [2.45, 2.75) is 77.7 Å². The molecule has 2 heteroatoms.